The summed E-state index contributed by atoms with van der Waals surface area (Å²) < 4.78 is 0. The van der Waals surface area contributed by atoms with Gasteiger partial charge in [0.1, 0.15) is 5.15 Å². The average molecular weight is 338 g/mol. The quantitative estimate of drug-likeness (QED) is 0.787. The highest BCUT2D eigenvalue weighted by atomic mass is 35.5. The zero-order valence-electron chi connectivity index (χ0n) is 12.7. The van der Waals surface area contributed by atoms with Crippen molar-refractivity contribution in [1.82, 2.24) is 14.9 Å². The highest BCUT2D eigenvalue weighted by Crippen LogP contribution is 2.24. The van der Waals surface area contributed by atoms with E-state index in [4.69, 9.17) is 23.2 Å². The van der Waals surface area contributed by atoms with Crippen LogP contribution in [0.2, 0.25) is 10.2 Å². The maximum atomic E-state index is 12.8. The van der Waals surface area contributed by atoms with E-state index in [0.717, 1.165) is 5.69 Å². The standard InChI is InChI=1S/C16H17Cl2N3O/c1-10(2)21(9-12-6-4-5-7-19-12)16(22)13-8-14(17)15(18)20-11(13)3/h4-8,10H,9H2,1-3H3. The van der Waals surface area contributed by atoms with Gasteiger partial charge in [-0.1, -0.05) is 29.3 Å². The van der Waals surface area contributed by atoms with E-state index < -0.39 is 0 Å². The van der Waals surface area contributed by atoms with E-state index in [9.17, 15) is 4.79 Å². The summed E-state index contributed by atoms with van der Waals surface area (Å²) in [4.78, 5) is 23.0. The molecule has 0 radical (unpaired) electrons. The lowest BCUT2D eigenvalue weighted by Gasteiger charge is -2.27. The number of carbonyl (C=O) groups is 1. The second-order valence-corrected chi connectivity index (χ2v) is 6.01. The highest BCUT2D eigenvalue weighted by molar-refractivity contribution is 6.41. The van der Waals surface area contributed by atoms with Crippen LogP contribution in [-0.4, -0.2) is 26.8 Å². The topological polar surface area (TPSA) is 46.1 Å². The number of hydrogen-bond acceptors (Lipinski definition) is 3. The first-order valence-corrected chi connectivity index (χ1v) is 7.69. The minimum absolute atomic E-state index is 0.0170. The van der Waals surface area contributed by atoms with Crippen LogP contribution in [0, 0.1) is 6.92 Å². The van der Waals surface area contributed by atoms with Gasteiger partial charge in [0.25, 0.3) is 5.91 Å². The van der Waals surface area contributed by atoms with E-state index in [1.807, 2.05) is 32.0 Å². The molecule has 0 aliphatic heterocycles. The molecule has 0 spiro atoms. The summed E-state index contributed by atoms with van der Waals surface area (Å²) in [5.41, 5.74) is 1.85. The van der Waals surface area contributed by atoms with Crippen molar-refractivity contribution in [2.75, 3.05) is 0 Å². The molecular weight excluding hydrogens is 321 g/mol. The van der Waals surface area contributed by atoms with E-state index in [2.05, 4.69) is 9.97 Å². The SMILES string of the molecule is Cc1nc(Cl)c(Cl)cc1C(=O)N(Cc1ccccn1)C(C)C. The summed E-state index contributed by atoms with van der Waals surface area (Å²) in [7, 11) is 0. The minimum atomic E-state index is -0.135. The first kappa shape index (κ1) is 16.7. The Labute approximate surface area is 140 Å². The third-order valence-corrected chi connectivity index (χ3v) is 3.97. The number of halogens is 2. The van der Waals surface area contributed by atoms with Crippen LogP contribution in [0.15, 0.2) is 30.5 Å². The van der Waals surface area contributed by atoms with Gasteiger partial charge in [-0.05, 0) is 39.0 Å². The maximum absolute atomic E-state index is 12.8. The van der Waals surface area contributed by atoms with Gasteiger partial charge in [0.2, 0.25) is 0 Å². The Morgan fingerprint density at radius 3 is 2.64 bits per heavy atom. The molecule has 1 amide bonds. The van der Waals surface area contributed by atoms with E-state index in [0.29, 0.717) is 17.8 Å². The van der Waals surface area contributed by atoms with Gasteiger partial charge in [-0.15, -0.1) is 0 Å². The number of pyridine rings is 2. The zero-order valence-corrected chi connectivity index (χ0v) is 14.2. The van der Waals surface area contributed by atoms with E-state index in [1.165, 1.54) is 0 Å². The van der Waals surface area contributed by atoms with Crippen molar-refractivity contribution in [2.24, 2.45) is 0 Å². The van der Waals surface area contributed by atoms with E-state index in [-0.39, 0.29) is 22.1 Å². The molecule has 0 aliphatic carbocycles. The fourth-order valence-corrected chi connectivity index (χ4v) is 2.41. The number of aromatic nitrogens is 2. The fraction of sp³-hybridized carbons (Fsp3) is 0.312. The summed E-state index contributed by atoms with van der Waals surface area (Å²) in [6.45, 7) is 6.09. The summed E-state index contributed by atoms with van der Waals surface area (Å²) in [5, 5.41) is 0.480. The van der Waals surface area contributed by atoms with Crippen LogP contribution in [0.5, 0.6) is 0 Å². The van der Waals surface area contributed by atoms with Gasteiger partial charge in [-0.2, -0.15) is 0 Å². The monoisotopic (exact) mass is 337 g/mol. The summed E-state index contributed by atoms with van der Waals surface area (Å²) >= 11 is 11.9. The predicted octanol–water partition coefficient (Wildman–Crippen LogP) is 4.14. The number of aryl methyl sites for hydroxylation is 1. The lowest BCUT2D eigenvalue weighted by Crippen LogP contribution is -2.37. The Balaban J connectivity index is 2.33. The van der Waals surface area contributed by atoms with Crippen molar-refractivity contribution >= 4 is 29.1 Å². The van der Waals surface area contributed by atoms with Crippen molar-refractivity contribution in [3.8, 4) is 0 Å². The Morgan fingerprint density at radius 2 is 2.05 bits per heavy atom. The molecule has 0 aromatic carbocycles. The Hall–Kier alpha value is -1.65. The number of amides is 1. The van der Waals surface area contributed by atoms with Gasteiger partial charge in [-0.25, -0.2) is 4.98 Å². The fourth-order valence-electron chi connectivity index (χ4n) is 2.08. The van der Waals surface area contributed by atoms with Gasteiger partial charge >= 0.3 is 0 Å². The first-order valence-electron chi connectivity index (χ1n) is 6.93. The minimum Gasteiger partial charge on any atom is -0.330 e. The molecule has 22 heavy (non-hydrogen) atoms. The zero-order chi connectivity index (χ0) is 16.3. The van der Waals surface area contributed by atoms with Crippen molar-refractivity contribution in [3.05, 3.63) is 57.6 Å². The Morgan fingerprint density at radius 1 is 1.32 bits per heavy atom. The Kier molecular flexibility index (Phi) is 5.37. The third kappa shape index (κ3) is 3.76. The highest BCUT2D eigenvalue weighted by Gasteiger charge is 2.22. The van der Waals surface area contributed by atoms with E-state index in [1.54, 1.807) is 24.1 Å². The molecule has 2 rings (SSSR count). The molecule has 0 fully saturated rings. The van der Waals surface area contributed by atoms with Crippen molar-refractivity contribution in [3.63, 3.8) is 0 Å². The summed E-state index contributed by atoms with van der Waals surface area (Å²) in [6, 6.07) is 7.23. The lowest BCUT2D eigenvalue weighted by atomic mass is 10.1. The molecule has 116 valence electrons. The third-order valence-electron chi connectivity index (χ3n) is 3.30. The molecule has 0 unspecified atom stereocenters. The normalized spacial score (nSPS) is 10.8. The number of rotatable bonds is 4. The number of hydrogen-bond donors (Lipinski definition) is 0. The molecule has 4 nitrogen and oxygen atoms in total. The molecular formula is C16H17Cl2N3O. The predicted molar refractivity (Wildman–Crippen MR) is 88.2 cm³/mol. The molecule has 0 N–H and O–H groups in total. The first-order chi connectivity index (χ1) is 10.4. The molecule has 2 heterocycles. The van der Waals surface area contributed by atoms with Crippen molar-refractivity contribution < 1.29 is 4.79 Å². The molecule has 0 bridgehead atoms. The molecule has 2 aromatic heterocycles. The van der Waals surface area contributed by atoms with Gasteiger partial charge in [0.05, 0.1) is 28.5 Å². The molecule has 2 aromatic rings. The van der Waals surface area contributed by atoms with Crippen LogP contribution >= 0.6 is 23.2 Å². The van der Waals surface area contributed by atoms with Crippen LogP contribution in [0.25, 0.3) is 0 Å². The van der Waals surface area contributed by atoms with Gasteiger partial charge in [0.15, 0.2) is 0 Å². The van der Waals surface area contributed by atoms with Crippen molar-refractivity contribution in [2.45, 2.75) is 33.4 Å². The second-order valence-electron chi connectivity index (χ2n) is 5.24. The van der Waals surface area contributed by atoms with Crippen LogP contribution in [0.3, 0.4) is 0 Å². The van der Waals surface area contributed by atoms with Crippen LogP contribution in [-0.2, 0) is 6.54 Å². The second kappa shape index (κ2) is 7.07. The van der Waals surface area contributed by atoms with Crippen LogP contribution < -0.4 is 0 Å². The largest absolute Gasteiger partial charge is 0.330 e. The maximum Gasteiger partial charge on any atom is 0.256 e. The van der Waals surface area contributed by atoms with Crippen LogP contribution in [0.4, 0.5) is 0 Å². The molecule has 6 heteroatoms. The van der Waals surface area contributed by atoms with E-state index >= 15 is 0 Å². The number of nitrogens with zero attached hydrogens (tertiary/aromatic N) is 3. The summed E-state index contributed by atoms with van der Waals surface area (Å²) in [6.07, 6.45) is 1.71. The molecule has 0 aliphatic rings. The lowest BCUT2D eigenvalue weighted by molar-refractivity contribution is 0.0686. The smallest absolute Gasteiger partial charge is 0.256 e. The number of carbonyl (C=O) groups excluding carboxylic acids is 1. The van der Waals surface area contributed by atoms with Gasteiger partial charge in [-0.3, -0.25) is 9.78 Å². The Bertz CT molecular complexity index is 675. The average Bonchev–Trinajstić information content (AvgIpc) is 2.48. The molecule has 0 saturated heterocycles. The molecule has 0 atom stereocenters. The van der Waals surface area contributed by atoms with Gasteiger partial charge in [0, 0.05) is 12.2 Å². The van der Waals surface area contributed by atoms with Gasteiger partial charge < -0.3 is 4.90 Å². The summed E-state index contributed by atoms with van der Waals surface area (Å²) in [5.74, 6) is -0.135. The molecule has 0 saturated carbocycles. The van der Waals surface area contributed by atoms with Crippen molar-refractivity contribution in [1.29, 1.82) is 0 Å². The van der Waals surface area contributed by atoms with Crippen LogP contribution in [0.1, 0.15) is 35.6 Å².